The number of carbonyl (C=O) groups excluding carboxylic acids is 2. The lowest BCUT2D eigenvalue weighted by Gasteiger charge is -2.14. The molecule has 0 unspecified atom stereocenters. The zero-order chi connectivity index (χ0) is 21.0. The van der Waals surface area contributed by atoms with Crippen molar-refractivity contribution < 1.29 is 14.7 Å². The van der Waals surface area contributed by atoms with E-state index in [1.54, 1.807) is 42.5 Å². The standard InChI is InChI=1S/C20H16Cl2N2O3S2/c21-13-3-6-15(7-4-13)23-18(26)2-1-9-24-19(27)17(29-20(24)28)11-12-10-14(22)5-8-16(12)25/h3-8,10-11,25H,1-2,9H2,(H,23,26)/b17-11-. The van der Waals surface area contributed by atoms with Crippen molar-refractivity contribution in [2.45, 2.75) is 12.8 Å². The predicted octanol–water partition coefficient (Wildman–Crippen LogP) is 5.32. The maximum atomic E-state index is 12.6. The normalized spacial score (nSPS) is 15.2. The number of hydrogen-bond donors (Lipinski definition) is 2. The van der Waals surface area contributed by atoms with Gasteiger partial charge in [-0.15, -0.1) is 0 Å². The van der Waals surface area contributed by atoms with Gasteiger partial charge in [-0.05, 0) is 55.0 Å². The molecule has 1 fully saturated rings. The quantitative estimate of drug-likeness (QED) is 0.445. The number of nitrogens with zero attached hydrogens (tertiary/aromatic N) is 1. The van der Waals surface area contributed by atoms with Crippen LogP contribution in [-0.4, -0.2) is 32.7 Å². The van der Waals surface area contributed by atoms with E-state index >= 15 is 0 Å². The van der Waals surface area contributed by atoms with Crippen LogP contribution in [0.5, 0.6) is 5.75 Å². The number of thiocarbonyl (C=S) groups is 1. The van der Waals surface area contributed by atoms with Crippen LogP contribution in [0.25, 0.3) is 6.08 Å². The highest BCUT2D eigenvalue weighted by molar-refractivity contribution is 8.26. The van der Waals surface area contributed by atoms with Crippen molar-refractivity contribution in [2.24, 2.45) is 0 Å². The first-order chi connectivity index (χ1) is 13.8. The van der Waals surface area contributed by atoms with E-state index < -0.39 is 0 Å². The summed E-state index contributed by atoms with van der Waals surface area (Å²) in [5.74, 6) is -0.381. The summed E-state index contributed by atoms with van der Waals surface area (Å²) < 4.78 is 0.417. The third-order valence-electron chi connectivity index (χ3n) is 4.06. The number of halogens is 2. The minimum Gasteiger partial charge on any atom is -0.507 e. The number of aromatic hydroxyl groups is 1. The Morgan fingerprint density at radius 2 is 1.86 bits per heavy atom. The smallest absolute Gasteiger partial charge is 0.266 e. The Kier molecular flexibility index (Phi) is 7.18. The van der Waals surface area contributed by atoms with Gasteiger partial charge < -0.3 is 10.4 Å². The van der Waals surface area contributed by atoms with Crippen LogP contribution in [0.1, 0.15) is 18.4 Å². The van der Waals surface area contributed by atoms with Gasteiger partial charge in [0, 0.05) is 34.3 Å². The molecule has 150 valence electrons. The molecule has 5 nitrogen and oxygen atoms in total. The summed E-state index contributed by atoms with van der Waals surface area (Å²) in [5, 5.41) is 13.8. The fourth-order valence-electron chi connectivity index (χ4n) is 2.63. The first kappa shape index (κ1) is 21.6. The van der Waals surface area contributed by atoms with Crippen molar-refractivity contribution in [2.75, 3.05) is 11.9 Å². The Bertz CT molecular complexity index is 994. The van der Waals surface area contributed by atoms with E-state index in [0.717, 1.165) is 11.8 Å². The van der Waals surface area contributed by atoms with Gasteiger partial charge in [0.2, 0.25) is 5.91 Å². The number of benzene rings is 2. The lowest BCUT2D eigenvalue weighted by molar-refractivity contribution is -0.122. The highest BCUT2D eigenvalue weighted by Gasteiger charge is 2.31. The van der Waals surface area contributed by atoms with Gasteiger partial charge in [0.05, 0.1) is 4.91 Å². The second-order valence-electron chi connectivity index (χ2n) is 6.20. The second-order valence-corrected chi connectivity index (χ2v) is 8.74. The molecule has 0 bridgehead atoms. The summed E-state index contributed by atoms with van der Waals surface area (Å²) in [5.41, 5.74) is 1.11. The zero-order valence-electron chi connectivity index (χ0n) is 15.0. The summed E-state index contributed by atoms with van der Waals surface area (Å²) in [7, 11) is 0. The number of carbonyl (C=O) groups is 2. The number of nitrogens with one attached hydrogen (secondary N) is 1. The fraction of sp³-hybridized carbons (Fsp3) is 0.150. The summed E-state index contributed by atoms with van der Waals surface area (Å²) in [6.45, 7) is 0.331. The monoisotopic (exact) mass is 466 g/mol. The maximum Gasteiger partial charge on any atom is 0.266 e. The summed E-state index contributed by atoms with van der Waals surface area (Å²) in [4.78, 5) is 26.6. The first-order valence-electron chi connectivity index (χ1n) is 8.63. The van der Waals surface area contributed by atoms with Crippen molar-refractivity contribution in [3.63, 3.8) is 0 Å². The number of phenolic OH excluding ortho intramolecular Hbond substituents is 1. The van der Waals surface area contributed by atoms with Crippen LogP contribution in [0, 0.1) is 0 Å². The van der Waals surface area contributed by atoms with E-state index in [-0.39, 0.29) is 24.0 Å². The number of amides is 2. The average molecular weight is 467 g/mol. The van der Waals surface area contributed by atoms with Crippen LogP contribution in [0.3, 0.4) is 0 Å². The van der Waals surface area contributed by atoms with Gasteiger partial charge in [0.1, 0.15) is 10.1 Å². The molecule has 2 aromatic rings. The topological polar surface area (TPSA) is 69.6 Å². The van der Waals surface area contributed by atoms with Gasteiger partial charge in [-0.2, -0.15) is 0 Å². The van der Waals surface area contributed by atoms with E-state index in [9.17, 15) is 14.7 Å². The highest BCUT2D eigenvalue weighted by atomic mass is 35.5. The van der Waals surface area contributed by atoms with Crippen LogP contribution in [0.15, 0.2) is 47.4 Å². The zero-order valence-corrected chi connectivity index (χ0v) is 18.2. The van der Waals surface area contributed by atoms with Gasteiger partial charge in [-0.3, -0.25) is 14.5 Å². The molecule has 0 aliphatic carbocycles. The minimum atomic E-state index is -0.252. The lowest BCUT2D eigenvalue weighted by Crippen LogP contribution is -2.29. The SMILES string of the molecule is O=C(CCCN1C(=O)/C(=C/c2cc(Cl)ccc2O)SC1=S)Nc1ccc(Cl)cc1. The Hall–Kier alpha value is -2.06. The summed E-state index contributed by atoms with van der Waals surface area (Å²) >= 11 is 18.2. The molecular formula is C20H16Cl2N2O3S2. The van der Waals surface area contributed by atoms with Crippen molar-refractivity contribution in [3.8, 4) is 5.75 Å². The molecule has 9 heteroatoms. The second kappa shape index (κ2) is 9.63. The number of anilines is 1. The molecule has 29 heavy (non-hydrogen) atoms. The van der Waals surface area contributed by atoms with E-state index in [0.29, 0.717) is 43.5 Å². The molecule has 0 aromatic heterocycles. The number of rotatable bonds is 6. The van der Waals surface area contributed by atoms with Crippen molar-refractivity contribution in [1.82, 2.24) is 4.90 Å². The van der Waals surface area contributed by atoms with Gasteiger partial charge in [0.15, 0.2) is 0 Å². The van der Waals surface area contributed by atoms with Crippen LogP contribution in [-0.2, 0) is 9.59 Å². The molecular weight excluding hydrogens is 451 g/mol. The number of phenols is 1. The minimum absolute atomic E-state index is 0.0264. The van der Waals surface area contributed by atoms with Crippen molar-refractivity contribution in [1.29, 1.82) is 0 Å². The van der Waals surface area contributed by atoms with Crippen LogP contribution in [0.4, 0.5) is 5.69 Å². The Labute approximate surface area is 187 Å². The molecule has 0 spiro atoms. The summed E-state index contributed by atoms with van der Waals surface area (Å²) in [6.07, 6.45) is 2.27. The van der Waals surface area contributed by atoms with Crippen LogP contribution >= 0.6 is 47.2 Å². The molecule has 2 aromatic carbocycles. The van der Waals surface area contributed by atoms with Crippen LogP contribution in [0.2, 0.25) is 10.0 Å². The van der Waals surface area contributed by atoms with Gasteiger partial charge >= 0.3 is 0 Å². The molecule has 1 aliphatic heterocycles. The molecule has 3 rings (SSSR count). The molecule has 1 heterocycles. The average Bonchev–Trinajstić information content (AvgIpc) is 2.94. The van der Waals surface area contributed by atoms with Crippen molar-refractivity contribution >= 4 is 75.1 Å². The predicted molar refractivity (Wildman–Crippen MR) is 122 cm³/mol. The molecule has 0 saturated carbocycles. The van der Waals surface area contributed by atoms with E-state index in [2.05, 4.69) is 5.32 Å². The fourth-order valence-corrected chi connectivity index (χ4v) is 4.24. The highest BCUT2D eigenvalue weighted by Crippen LogP contribution is 2.34. The third-order valence-corrected chi connectivity index (χ3v) is 5.93. The number of thioether (sulfide) groups is 1. The molecule has 0 radical (unpaired) electrons. The Balaban J connectivity index is 1.56. The van der Waals surface area contributed by atoms with Gasteiger partial charge in [-0.1, -0.05) is 47.2 Å². The molecule has 0 atom stereocenters. The van der Waals surface area contributed by atoms with Crippen LogP contribution < -0.4 is 5.32 Å². The largest absolute Gasteiger partial charge is 0.507 e. The summed E-state index contributed by atoms with van der Waals surface area (Å²) in [6, 6.07) is 11.4. The molecule has 1 saturated heterocycles. The lowest BCUT2D eigenvalue weighted by atomic mass is 10.2. The number of hydrogen-bond acceptors (Lipinski definition) is 5. The van der Waals surface area contributed by atoms with Crippen molar-refractivity contribution in [3.05, 3.63) is 63.0 Å². The third kappa shape index (κ3) is 5.73. The molecule has 1 aliphatic rings. The Morgan fingerprint density at radius 3 is 2.59 bits per heavy atom. The molecule has 2 amide bonds. The Morgan fingerprint density at radius 1 is 1.17 bits per heavy atom. The van der Waals surface area contributed by atoms with Gasteiger partial charge in [-0.25, -0.2) is 0 Å². The molecule has 2 N–H and O–H groups in total. The van der Waals surface area contributed by atoms with E-state index in [1.165, 1.54) is 11.0 Å². The van der Waals surface area contributed by atoms with E-state index in [1.807, 2.05) is 0 Å². The van der Waals surface area contributed by atoms with E-state index in [4.69, 9.17) is 35.4 Å². The first-order valence-corrected chi connectivity index (χ1v) is 10.6. The maximum absolute atomic E-state index is 12.6. The van der Waals surface area contributed by atoms with Gasteiger partial charge in [0.25, 0.3) is 5.91 Å².